The molecule has 3 rings (SSSR count). The molecule has 9 nitrogen and oxygen atoms in total. The Labute approximate surface area is 203 Å². The van der Waals surface area contributed by atoms with Crippen molar-refractivity contribution < 1.29 is 33.8 Å². The zero-order chi connectivity index (χ0) is 24.7. The van der Waals surface area contributed by atoms with Crippen LogP contribution in [-0.4, -0.2) is 46.1 Å². The monoisotopic (exact) mass is 502 g/mol. The van der Waals surface area contributed by atoms with E-state index in [1.54, 1.807) is 12.1 Å². The lowest BCUT2D eigenvalue weighted by Crippen LogP contribution is -2.48. The Bertz CT molecular complexity index is 1220. The Kier molecular flexibility index (Phi) is 8.18. The SMILES string of the molecule is O=C(O[C@H](C(=O)O)[C@@H](OC(=O)c1ccccc1Cl)C(=O)Nc1ccncc1)c1ccccc1Cl. The second-order valence-electron chi connectivity index (χ2n) is 6.67. The van der Waals surface area contributed by atoms with Crippen LogP contribution in [0.3, 0.4) is 0 Å². The molecule has 0 radical (unpaired) electrons. The van der Waals surface area contributed by atoms with Crippen molar-refractivity contribution in [2.45, 2.75) is 12.2 Å². The van der Waals surface area contributed by atoms with Gasteiger partial charge in [-0.1, -0.05) is 47.5 Å². The third kappa shape index (κ3) is 6.09. The number of nitrogens with zero attached hydrogens (tertiary/aromatic N) is 1. The number of carboxylic acid groups (broad SMARTS) is 1. The van der Waals surface area contributed by atoms with Crippen molar-refractivity contribution >= 4 is 52.7 Å². The minimum Gasteiger partial charge on any atom is -0.478 e. The van der Waals surface area contributed by atoms with Gasteiger partial charge in [-0.05, 0) is 36.4 Å². The van der Waals surface area contributed by atoms with Crippen LogP contribution >= 0.6 is 23.2 Å². The van der Waals surface area contributed by atoms with Gasteiger partial charge in [0.2, 0.25) is 12.2 Å². The number of amides is 1. The van der Waals surface area contributed by atoms with E-state index in [9.17, 15) is 24.3 Å². The minimum absolute atomic E-state index is 0.00230. The summed E-state index contributed by atoms with van der Waals surface area (Å²) in [5.41, 5.74) is -0.0195. The van der Waals surface area contributed by atoms with Crippen molar-refractivity contribution in [3.8, 4) is 0 Å². The number of halogens is 2. The molecule has 0 saturated carbocycles. The number of carbonyl (C=O) groups is 4. The van der Waals surface area contributed by atoms with Crippen LogP contribution in [0.25, 0.3) is 0 Å². The zero-order valence-electron chi connectivity index (χ0n) is 17.2. The molecule has 3 aromatic rings. The number of esters is 2. The Morgan fingerprint density at radius 2 is 1.24 bits per heavy atom. The zero-order valence-corrected chi connectivity index (χ0v) is 18.7. The minimum atomic E-state index is -2.21. The highest BCUT2D eigenvalue weighted by molar-refractivity contribution is 6.34. The van der Waals surface area contributed by atoms with Gasteiger partial charge < -0.3 is 19.9 Å². The summed E-state index contributed by atoms with van der Waals surface area (Å²) in [6.07, 6.45) is -1.53. The molecule has 11 heteroatoms. The fourth-order valence-corrected chi connectivity index (χ4v) is 3.18. The van der Waals surface area contributed by atoms with Crippen molar-refractivity contribution in [1.29, 1.82) is 0 Å². The third-order valence-electron chi connectivity index (χ3n) is 4.38. The highest BCUT2D eigenvalue weighted by Gasteiger charge is 2.41. The van der Waals surface area contributed by atoms with Gasteiger partial charge in [-0.2, -0.15) is 0 Å². The van der Waals surface area contributed by atoms with Crippen LogP contribution in [0.15, 0.2) is 73.1 Å². The van der Waals surface area contributed by atoms with Gasteiger partial charge in [-0.15, -0.1) is 0 Å². The summed E-state index contributed by atoms with van der Waals surface area (Å²) in [5, 5.41) is 12.2. The van der Waals surface area contributed by atoms with Crippen molar-refractivity contribution in [1.82, 2.24) is 4.98 Å². The number of carboxylic acids is 1. The molecule has 0 unspecified atom stereocenters. The number of benzene rings is 2. The lowest BCUT2D eigenvalue weighted by Gasteiger charge is -2.24. The number of nitrogens with one attached hydrogen (secondary N) is 1. The van der Waals surface area contributed by atoms with Gasteiger partial charge in [0.1, 0.15) is 0 Å². The molecule has 0 aliphatic rings. The fraction of sp³-hybridized carbons (Fsp3) is 0.0870. The molecule has 0 fully saturated rings. The fourth-order valence-electron chi connectivity index (χ4n) is 2.75. The Balaban J connectivity index is 1.93. The van der Waals surface area contributed by atoms with Gasteiger partial charge in [0.15, 0.2) is 0 Å². The molecular weight excluding hydrogens is 487 g/mol. The van der Waals surface area contributed by atoms with Crippen LogP contribution in [-0.2, 0) is 19.1 Å². The van der Waals surface area contributed by atoms with Crippen molar-refractivity contribution in [2.75, 3.05) is 5.32 Å². The molecule has 2 aromatic carbocycles. The van der Waals surface area contributed by atoms with Crippen LogP contribution in [0.2, 0.25) is 10.0 Å². The van der Waals surface area contributed by atoms with E-state index >= 15 is 0 Å². The standard InChI is InChI=1S/C23H16Cl2N2O7/c24-16-7-3-1-5-14(16)22(31)33-18(20(28)27-13-9-11-26-12-10-13)19(21(29)30)34-23(32)15-6-2-4-8-17(15)25/h1-12,18-19H,(H,29,30)(H,26,27,28)/t18-,19+/m1/s1. The first-order chi connectivity index (χ1) is 16.3. The first kappa shape index (κ1) is 24.7. The summed E-state index contributed by atoms with van der Waals surface area (Å²) in [6.45, 7) is 0. The lowest BCUT2D eigenvalue weighted by molar-refractivity contribution is -0.157. The van der Waals surface area contributed by atoms with E-state index in [4.69, 9.17) is 32.7 Å². The molecule has 0 saturated heterocycles. The van der Waals surface area contributed by atoms with Crippen LogP contribution in [0.4, 0.5) is 5.69 Å². The predicted octanol–water partition coefficient (Wildman–Crippen LogP) is 3.86. The molecule has 0 aliphatic carbocycles. The van der Waals surface area contributed by atoms with Crippen LogP contribution < -0.4 is 5.32 Å². The second-order valence-corrected chi connectivity index (χ2v) is 7.49. The molecule has 2 atom stereocenters. The number of rotatable bonds is 8. The van der Waals surface area contributed by atoms with E-state index in [2.05, 4.69) is 10.3 Å². The summed E-state index contributed by atoms with van der Waals surface area (Å²) in [5.74, 6) is -5.03. The largest absolute Gasteiger partial charge is 0.478 e. The Hall–Kier alpha value is -3.95. The van der Waals surface area contributed by atoms with Crippen molar-refractivity contribution in [3.63, 3.8) is 0 Å². The third-order valence-corrected chi connectivity index (χ3v) is 5.04. The normalized spacial score (nSPS) is 12.2. The van der Waals surface area contributed by atoms with Crippen LogP contribution in [0.1, 0.15) is 20.7 Å². The number of ether oxygens (including phenoxy) is 2. The van der Waals surface area contributed by atoms with Crippen LogP contribution in [0.5, 0.6) is 0 Å². The molecule has 1 amide bonds. The van der Waals surface area contributed by atoms with Gasteiger partial charge >= 0.3 is 17.9 Å². The number of aliphatic carboxylic acids is 1. The number of anilines is 1. The average Bonchev–Trinajstić information content (AvgIpc) is 2.82. The van der Waals surface area contributed by atoms with Gasteiger partial charge in [-0.3, -0.25) is 9.78 Å². The summed E-state index contributed by atoms with van der Waals surface area (Å²) in [4.78, 5) is 54.1. The van der Waals surface area contributed by atoms with E-state index in [1.165, 1.54) is 60.9 Å². The average molecular weight is 503 g/mol. The maximum absolute atomic E-state index is 13.0. The van der Waals surface area contributed by atoms with Gasteiger partial charge in [0, 0.05) is 18.1 Å². The van der Waals surface area contributed by atoms with Crippen molar-refractivity contribution in [2.24, 2.45) is 0 Å². The molecule has 0 spiro atoms. The van der Waals surface area contributed by atoms with E-state index in [0.717, 1.165) is 0 Å². The summed E-state index contributed by atoms with van der Waals surface area (Å²) < 4.78 is 10.3. The number of hydrogen-bond donors (Lipinski definition) is 2. The highest BCUT2D eigenvalue weighted by Crippen LogP contribution is 2.21. The van der Waals surface area contributed by atoms with Gasteiger partial charge in [0.25, 0.3) is 5.91 Å². The van der Waals surface area contributed by atoms with E-state index in [-0.39, 0.29) is 26.9 Å². The lowest BCUT2D eigenvalue weighted by atomic mass is 10.1. The Morgan fingerprint density at radius 3 is 1.71 bits per heavy atom. The van der Waals surface area contributed by atoms with E-state index in [0.29, 0.717) is 0 Å². The van der Waals surface area contributed by atoms with Gasteiger partial charge in [0.05, 0.1) is 21.2 Å². The topological polar surface area (TPSA) is 132 Å². The Morgan fingerprint density at radius 1 is 0.765 bits per heavy atom. The second kappa shape index (κ2) is 11.3. The maximum atomic E-state index is 13.0. The first-order valence-electron chi connectivity index (χ1n) is 9.62. The summed E-state index contributed by atoms with van der Waals surface area (Å²) in [6, 6.07) is 14.4. The quantitative estimate of drug-likeness (QED) is 0.443. The summed E-state index contributed by atoms with van der Waals surface area (Å²) in [7, 11) is 0. The first-order valence-corrected chi connectivity index (χ1v) is 10.4. The predicted molar refractivity (Wildman–Crippen MR) is 122 cm³/mol. The molecule has 0 bridgehead atoms. The molecule has 0 aliphatic heterocycles. The number of hydrogen-bond acceptors (Lipinski definition) is 7. The highest BCUT2D eigenvalue weighted by atomic mass is 35.5. The van der Waals surface area contributed by atoms with Crippen molar-refractivity contribution in [3.05, 3.63) is 94.2 Å². The van der Waals surface area contributed by atoms with E-state index in [1.807, 2.05) is 0 Å². The van der Waals surface area contributed by atoms with Gasteiger partial charge in [-0.25, -0.2) is 14.4 Å². The molecule has 174 valence electrons. The maximum Gasteiger partial charge on any atom is 0.349 e. The van der Waals surface area contributed by atoms with Crippen LogP contribution in [0, 0.1) is 0 Å². The molecule has 34 heavy (non-hydrogen) atoms. The molecule has 1 heterocycles. The number of pyridine rings is 1. The number of aromatic nitrogens is 1. The molecule has 1 aromatic heterocycles. The molecule has 2 N–H and O–H groups in total. The number of carbonyl (C=O) groups excluding carboxylic acids is 3. The van der Waals surface area contributed by atoms with E-state index < -0.39 is 36.0 Å². The smallest absolute Gasteiger partial charge is 0.349 e. The summed E-state index contributed by atoms with van der Waals surface area (Å²) >= 11 is 12.0. The molecular formula is C23H16Cl2N2O7.